The quantitative estimate of drug-likeness (QED) is 0.428. The number of para-hydroxylation sites is 1. The van der Waals surface area contributed by atoms with Crippen LogP contribution < -0.4 is 10.6 Å². The van der Waals surface area contributed by atoms with Crippen LogP contribution in [0.5, 0.6) is 0 Å². The molecular formula is C20H22N4O4S. The predicted molar refractivity (Wildman–Crippen MR) is 112 cm³/mol. The van der Waals surface area contributed by atoms with Crippen LogP contribution in [0.2, 0.25) is 0 Å². The van der Waals surface area contributed by atoms with E-state index in [2.05, 4.69) is 10.6 Å². The maximum Gasteiger partial charge on any atom is 0.321 e. The van der Waals surface area contributed by atoms with Crippen LogP contribution >= 0.6 is 11.8 Å². The van der Waals surface area contributed by atoms with Crippen molar-refractivity contribution < 1.29 is 14.5 Å². The first kappa shape index (κ1) is 20.7. The lowest BCUT2D eigenvalue weighted by atomic mass is 10.1. The zero-order valence-electron chi connectivity index (χ0n) is 15.7. The molecule has 152 valence electrons. The minimum absolute atomic E-state index is 0.0295. The summed E-state index contributed by atoms with van der Waals surface area (Å²) in [4.78, 5) is 37.3. The lowest BCUT2D eigenvalue weighted by molar-refractivity contribution is -0.384. The topological polar surface area (TPSA) is 105 Å². The van der Waals surface area contributed by atoms with E-state index in [-0.39, 0.29) is 29.4 Å². The molecule has 2 aromatic rings. The molecule has 1 saturated heterocycles. The van der Waals surface area contributed by atoms with Crippen LogP contribution in [0.25, 0.3) is 0 Å². The summed E-state index contributed by atoms with van der Waals surface area (Å²) in [6.45, 7) is 1.16. The number of benzene rings is 2. The number of hydrogen-bond donors (Lipinski definition) is 2. The molecular weight excluding hydrogens is 392 g/mol. The molecule has 1 fully saturated rings. The van der Waals surface area contributed by atoms with Gasteiger partial charge in [0.05, 0.1) is 10.7 Å². The van der Waals surface area contributed by atoms with Crippen LogP contribution in [0, 0.1) is 10.1 Å². The Balaban J connectivity index is 1.38. The van der Waals surface area contributed by atoms with E-state index < -0.39 is 4.92 Å². The molecule has 0 spiro atoms. The normalized spacial score (nSPS) is 14.3. The van der Waals surface area contributed by atoms with Gasteiger partial charge >= 0.3 is 6.03 Å². The molecule has 0 atom stereocenters. The Hall–Kier alpha value is -3.07. The molecule has 0 saturated carbocycles. The van der Waals surface area contributed by atoms with E-state index in [0.717, 1.165) is 10.6 Å². The molecule has 9 heteroatoms. The molecule has 0 radical (unpaired) electrons. The second-order valence-corrected chi connectivity index (χ2v) is 7.71. The first-order valence-electron chi connectivity index (χ1n) is 9.29. The average molecular weight is 414 g/mol. The number of nitrogens with one attached hydrogen (secondary N) is 2. The van der Waals surface area contributed by atoms with Gasteiger partial charge in [0.25, 0.3) is 5.69 Å². The number of nitro benzene ring substituents is 1. The highest BCUT2D eigenvalue weighted by Gasteiger charge is 2.23. The molecule has 29 heavy (non-hydrogen) atoms. The van der Waals surface area contributed by atoms with Crippen LogP contribution in [0.1, 0.15) is 12.8 Å². The van der Waals surface area contributed by atoms with E-state index in [4.69, 9.17) is 0 Å². The number of anilines is 1. The molecule has 3 amide bonds. The fourth-order valence-corrected chi connectivity index (χ4v) is 3.74. The van der Waals surface area contributed by atoms with Crippen LogP contribution in [0.3, 0.4) is 0 Å². The van der Waals surface area contributed by atoms with Crippen LogP contribution in [0.4, 0.5) is 16.2 Å². The lowest BCUT2D eigenvalue weighted by Gasteiger charge is -2.32. The fourth-order valence-electron chi connectivity index (χ4n) is 3.03. The van der Waals surface area contributed by atoms with Crippen molar-refractivity contribution >= 4 is 35.1 Å². The second kappa shape index (κ2) is 9.92. The van der Waals surface area contributed by atoms with Gasteiger partial charge in [-0.05, 0) is 37.1 Å². The fraction of sp³-hybridized carbons (Fsp3) is 0.300. The third kappa shape index (κ3) is 6.21. The van der Waals surface area contributed by atoms with Gasteiger partial charge in [-0.3, -0.25) is 14.9 Å². The number of carbonyl (C=O) groups is 2. The van der Waals surface area contributed by atoms with Gasteiger partial charge in [-0.2, -0.15) is 0 Å². The second-order valence-electron chi connectivity index (χ2n) is 6.66. The lowest BCUT2D eigenvalue weighted by Crippen LogP contribution is -2.48. The van der Waals surface area contributed by atoms with Crippen LogP contribution in [-0.4, -0.2) is 46.6 Å². The van der Waals surface area contributed by atoms with E-state index >= 15 is 0 Å². The molecule has 2 N–H and O–H groups in total. The Morgan fingerprint density at radius 3 is 2.34 bits per heavy atom. The summed E-state index contributed by atoms with van der Waals surface area (Å²) in [5.41, 5.74) is 0.790. The highest BCUT2D eigenvalue weighted by Crippen LogP contribution is 2.21. The SMILES string of the molecule is O=C(CSc1ccc([N+](=O)[O-])cc1)NC1CCN(C(=O)Nc2ccccc2)CC1. The summed E-state index contributed by atoms with van der Waals surface area (Å²) in [6, 6.07) is 15.4. The van der Waals surface area contributed by atoms with Gasteiger partial charge in [0.2, 0.25) is 5.91 Å². The third-order valence-electron chi connectivity index (χ3n) is 4.59. The number of nitro groups is 1. The van der Waals surface area contributed by atoms with Gasteiger partial charge in [0, 0.05) is 41.8 Å². The smallest absolute Gasteiger partial charge is 0.321 e. The van der Waals surface area contributed by atoms with Crippen LogP contribution in [-0.2, 0) is 4.79 Å². The molecule has 1 heterocycles. The molecule has 0 aromatic heterocycles. The molecule has 0 unspecified atom stereocenters. The number of thioether (sulfide) groups is 1. The highest BCUT2D eigenvalue weighted by atomic mass is 32.2. The number of nitrogens with zero attached hydrogens (tertiary/aromatic N) is 2. The minimum Gasteiger partial charge on any atom is -0.353 e. The van der Waals surface area contributed by atoms with Crippen LogP contribution in [0.15, 0.2) is 59.5 Å². The number of hydrogen-bond acceptors (Lipinski definition) is 5. The van der Waals surface area contributed by atoms with Crippen molar-refractivity contribution in [2.75, 3.05) is 24.2 Å². The number of piperidine rings is 1. The number of rotatable bonds is 6. The standard InChI is InChI=1S/C20H22N4O4S/c25-19(14-29-18-8-6-17(7-9-18)24(27)28)21-16-10-12-23(13-11-16)20(26)22-15-4-2-1-3-5-15/h1-9,16H,10-14H2,(H,21,25)(H,22,26). The Morgan fingerprint density at radius 1 is 1.07 bits per heavy atom. The molecule has 3 rings (SSSR count). The van der Waals surface area contributed by atoms with Crippen molar-refractivity contribution in [2.24, 2.45) is 0 Å². The average Bonchev–Trinajstić information content (AvgIpc) is 2.74. The van der Waals surface area contributed by atoms with Crippen molar-refractivity contribution in [3.63, 3.8) is 0 Å². The number of urea groups is 1. The Bertz CT molecular complexity index is 853. The number of likely N-dealkylation sites (tertiary alicyclic amines) is 1. The number of non-ortho nitro benzene ring substituents is 1. The summed E-state index contributed by atoms with van der Waals surface area (Å²) >= 11 is 1.34. The van der Waals surface area contributed by atoms with E-state index in [9.17, 15) is 19.7 Å². The Morgan fingerprint density at radius 2 is 1.72 bits per heavy atom. The Kier molecular flexibility index (Phi) is 7.07. The summed E-state index contributed by atoms with van der Waals surface area (Å²) in [6.07, 6.45) is 1.41. The Labute approximate surface area is 172 Å². The molecule has 0 aliphatic carbocycles. The van der Waals surface area contributed by atoms with Gasteiger partial charge < -0.3 is 15.5 Å². The van der Waals surface area contributed by atoms with E-state index in [1.807, 2.05) is 30.3 Å². The van der Waals surface area contributed by atoms with Crippen molar-refractivity contribution in [2.45, 2.75) is 23.8 Å². The molecule has 2 aromatic carbocycles. The maximum absolute atomic E-state index is 12.3. The zero-order chi connectivity index (χ0) is 20.6. The number of carbonyl (C=O) groups excluding carboxylic acids is 2. The summed E-state index contributed by atoms with van der Waals surface area (Å²) in [5, 5.41) is 16.5. The van der Waals surface area contributed by atoms with Gasteiger partial charge in [0.15, 0.2) is 0 Å². The van der Waals surface area contributed by atoms with Crippen molar-refractivity contribution in [1.29, 1.82) is 0 Å². The van der Waals surface area contributed by atoms with Gasteiger partial charge in [-0.15, -0.1) is 11.8 Å². The van der Waals surface area contributed by atoms with Crippen molar-refractivity contribution in [3.05, 3.63) is 64.7 Å². The van der Waals surface area contributed by atoms with Gasteiger partial charge in [0.1, 0.15) is 0 Å². The molecule has 8 nitrogen and oxygen atoms in total. The maximum atomic E-state index is 12.3. The van der Waals surface area contributed by atoms with Crippen molar-refractivity contribution in [1.82, 2.24) is 10.2 Å². The first-order valence-corrected chi connectivity index (χ1v) is 10.3. The predicted octanol–water partition coefficient (Wildman–Crippen LogP) is 3.50. The minimum atomic E-state index is -0.451. The zero-order valence-corrected chi connectivity index (χ0v) is 16.6. The van der Waals surface area contributed by atoms with E-state index in [1.54, 1.807) is 17.0 Å². The molecule has 0 bridgehead atoms. The van der Waals surface area contributed by atoms with Gasteiger partial charge in [-0.25, -0.2) is 4.79 Å². The van der Waals surface area contributed by atoms with Crippen molar-refractivity contribution in [3.8, 4) is 0 Å². The summed E-state index contributed by atoms with van der Waals surface area (Å²) in [5.74, 6) is 0.160. The largest absolute Gasteiger partial charge is 0.353 e. The first-order chi connectivity index (χ1) is 14.0. The monoisotopic (exact) mass is 414 g/mol. The van der Waals surface area contributed by atoms with E-state index in [0.29, 0.717) is 25.9 Å². The molecule has 1 aliphatic heterocycles. The van der Waals surface area contributed by atoms with E-state index in [1.165, 1.54) is 23.9 Å². The summed E-state index contributed by atoms with van der Waals surface area (Å²) < 4.78 is 0. The van der Waals surface area contributed by atoms with Gasteiger partial charge in [-0.1, -0.05) is 18.2 Å². The summed E-state index contributed by atoms with van der Waals surface area (Å²) in [7, 11) is 0. The highest BCUT2D eigenvalue weighted by molar-refractivity contribution is 8.00. The third-order valence-corrected chi connectivity index (χ3v) is 5.60. The molecule has 1 aliphatic rings. The number of amides is 3.